The van der Waals surface area contributed by atoms with Crippen molar-refractivity contribution in [2.75, 3.05) is 50.6 Å². The van der Waals surface area contributed by atoms with Crippen molar-refractivity contribution in [1.29, 1.82) is 0 Å². The van der Waals surface area contributed by atoms with Crippen LogP contribution in [0.5, 0.6) is 0 Å². The van der Waals surface area contributed by atoms with E-state index in [-0.39, 0.29) is 1.43 Å². The molecule has 0 saturated carbocycles. The first-order valence-corrected chi connectivity index (χ1v) is 9.82. The van der Waals surface area contributed by atoms with Crippen molar-refractivity contribution >= 4 is 23.4 Å². The number of anilines is 3. The fraction of sp³-hybridized carbons (Fsp3) is 0.333. The molecule has 1 fully saturated rings. The first-order chi connectivity index (χ1) is 14.5. The molecule has 2 N–H and O–H groups in total. The highest BCUT2D eigenvalue weighted by Gasteiger charge is 2.18. The summed E-state index contributed by atoms with van der Waals surface area (Å²) in [6.45, 7) is 5.65. The van der Waals surface area contributed by atoms with E-state index in [1.807, 2.05) is 25.1 Å². The van der Waals surface area contributed by atoms with Crippen molar-refractivity contribution in [3.05, 3.63) is 47.7 Å². The zero-order valence-corrected chi connectivity index (χ0v) is 17.3. The van der Waals surface area contributed by atoms with E-state index in [4.69, 9.17) is 9.72 Å². The number of H-pyrrole nitrogens is 1. The van der Waals surface area contributed by atoms with Gasteiger partial charge in [0.1, 0.15) is 11.6 Å². The number of carbonyl (C=O) groups is 1. The number of carbonyl (C=O) groups excluding carboxylic acids is 1. The second-order valence-electron chi connectivity index (χ2n) is 7.36. The van der Waals surface area contributed by atoms with E-state index in [0.29, 0.717) is 23.0 Å². The molecule has 1 aromatic carbocycles. The van der Waals surface area contributed by atoms with E-state index < -0.39 is 5.97 Å². The highest BCUT2D eigenvalue weighted by Crippen LogP contribution is 2.26. The Bertz CT molecular complexity index is 1050. The molecule has 9 nitrogen and oxygen atoms in total. The molecular formula is C21H27N7O2. The Labute approximate surface area is 176 Å². The number of rotatable bonds is 5. The Morgan fingerprint density at radius 1 is 1.13 bits per heavy atom. The third kappa shape index (κ3) is 4.41. The summed E-state index contributed by atoms with van der Waals surface area (Å²) in [4.78, 5) is 26.0. The Hall–Kier alpha value is -3.46. The molecule has 0 unspecified atom stereocenters. The molecule has 1 saturated heterocycles. The van der Waals surface area contributed by atoms with Crippen molar-refractivity contribution in [3.63, 3.8) is 0 Å². The molecular weight excluding hydrogens is 382 g/mol. The van der Waals surface area contributed by atoms with Gasteiger partial charge in [-0.15, -0.1) is 0 Å². The molecule has 158 valence electrons. The van der Waals surface area contributed by atoms with Crippen LogP contribution in [0.15, 0.2) is 36.4 Å². The number of esters is 1. The average molecular weight is 409 g/mol. The van der Waals surface area contributed by atoms with Crippen LogP contribution >= 0.6 is 0 Å². The van der Waals surface area contributed by atoms with E-state index in [2.05, 4.69) is 37.3 Å². The molecule has 1 aliphatic rings. The van der Waals surface area contributed by atoms with Crippen LogP contribution in [0.3, 0.4) is 0 Å². The summed E-state index contributed by atoms with van der Waals surface area (Å²) >= 11 is 0. The standard InChI is InChI=1S/C21H25N7O2.H2/c1-14-11-18(26-25-14)22-17-13-19(28-9-7-27(2)8-10-28)24-20(23-17)15-5-4-6-16(12-15)21(29)30-3;/h4-6,11-13H,7-10H2,1-3H3,(H2,22,23,24,25,26);1H. The lowest BCUT2D eigenvalue weighted by Crippen LogP contribution is -2.44. The highest BCUT2D eigenvalue weighted by molar-refractivity contribution is 5.90. The van der Waals surface area contributed by atoms with Crippen LogP contribution in [0, 0.1) is 6.92 Å². The summed E-state index contributed by atoms with van der Waals surface area (Å²) < 4.78 is 4.84. The number of nitrogens with one attached hydrogen (secondary N) is 2. The van der Waals surface area contributed by atoms with E-state index >= 15 is 0 Å². The minimum absolute atomic E-state index is 0. The van der Waals surface area contributed by atoms with E-state index in [1.54, 1.807) is 18.2 Å². The Morgan fingerprint density at radius 3 is 2.63 bits per heavy atom. The second kappa shape index (κ2) is 8.50. The highest BCUT2D eigenvalue weighted by atomic mass is 16.5. The number of hydrogen-bond acceptors (Lipinski definition) is 8. The van der Waals surface area contributed by atoms with Gasteiger partial charge < -0.3 is 19.9 Å². The monoisotopic (exact) mass is 409 g/mol. The maximum Gasteiger partial charge on any atom is 0.337 e. The number of likely N-dealkylation sites (N-methyl/N-ethyl adjacent to an activating group) is 1. The molecule has 0 radical (unpaired) electrons. The molecule has 0 bridgehead atoms. The maximum absolute atomic E-state index is 12.0. The molecule has 1 aliphatic heterocycles. The predicted octanol–water partition coefficient (Wildman–Crippen LogP) is 2.70. The van der Waals surface area contributed by atoms with Gasteiger partial charge in [0.15, 0.2) is 11.6 Å². The third-order valence-corrected chi connectivity index (χ3v) is 5.04. The lowest BCUT2D eigenvalue weighted by atomic mass is 10.1. The molecule has 3 heterocycles. The van der Waals surface area contributed by atoms with Gasteiger partial charge in [-0.2, -0.15) is 5.10 Å². The van der Waals surface area contributed by atoms with Crippen molar-refractivity contribution in [2.24, 2.45) is 0 Å². The van der Waals surface area contributed by atoms with Crippen LogP contribution in [0.4, 0.5) is 17.5 Å². The Kier molecular flexibility index (Phi) is 5.62. The number of aromatic nitrogens is 4. The molecule has 3 aromatic rings. The molecule has 0 aliphatic carbocycles. The molecule has 0 atom stereocenters. The summed E-state index contributed by atoms with van der Waals surface area (Å²) in [7, 11) is 3.49. The maximum atomic E-state index is 12.0. The predicted molar refractivity (Wildman–Crippen MR) is 117 cm³/mol. The van der Waals surface area contributed by atoms with Gasteiger partial charge >= 0.3 is 5.97 Å². The summed E-state index contributed by atoms with van der Waals surface area (Å²) in [5.41, 5.74) is 2.16. The smallest absolute Gasteiger partial charge is 0.337 e. The number of piperazine rings is 1. The van der Waals surface area contributed by atoms with Gasteiger partial charge in [0.05, 0.1) is 12.7 Å². The van der Waals surface area contributed by atoms with Gasteiger partial charge in [0.25, 0.3) is 0 Å². The third-order valence-electron chi connectivity index (χ3n) is 5.04. The van der Waals surface area contributed by atoms with E-state index in [9.17, 15) is 4.79 Å². The quantitative estimate of drug-likeness (QED) is 0.621. The van der Waals surface area contributed by atoms with Gasteiger partial charge in [0.2, 0.25) is 0 Å². The van der Waals surface area contributed by atoms with Gasteiger partial charge in [-0.3, -0.25) is 5.10 Å². The van der Waals surface area contributed by atoms with E-state index in [1.165, 1.54) is 7.11 Å². The van der Waals surface area contributed by atoms with E-state index in [0.717, 1.165) is 43.3 Å². The first kappa shape index (κ1) is 19.8. The number of aryl methyl sites for hydroxylation is 1. The van der Waals surface area contributed by atoms with Crippen LogP contribution in [0.25, 0.3) is 11.4 Å². The van der Waals surface area contributed by atoms with Gasteiger partial charge in [-0.25, -0.2) is 14.8 Å². The Balaban J connectivity index is 0.00000272. The summed E-state index contributed by atoms with van der Waals surface area (Å²) in [6, 6.07) is 11.0. The van der Waals surface area contributed by atoms with Crippen LogP contribution in [0.1, 0.15) is 17.5 Å². The van der Waals surface area contributed by atoms with Crippen LogP contribution in [0.2, 0.25) is 0 Å². The SMILES string of the molecule is COC(=O)c1cccc(-c2nc(Nc3cc(C)[nH]n3)cc(N3CCN(C)CC3)n2)c1.[HH]. The van der Waals surface area contributed by atoms with Gasteiger partial charge in [-0.05, 0) is 26.1 Å². The fourth-order valence-corrected chi connectivity index (χ4v) is 3.34. The van der Waals surface area contributed by atoms with Crippen molar-refractivity contribution in [3.8, 4) is 11.4 Å². The zero-order chi connectivity index (χ0) is 21.1. The van der Waals surface area contributed by atoms with Crippen molar-refractivity contribution < 1.29 is 11.0 Å². The van der Waals surface area contributed by atoms with Crippen LogP contribution in [-0.2, 0) is 4.74 Å². The van der Waals surface area contributed by atoms with Crippen molar-refractivity contribution in [1.82, 2.24) is 25.1 Å². The average Bonchev–Trinajstić information content (AvgIpc) is 3.18. The molecule has 2 aromatic heterocycles. The van der Waals surface area contributed by atoms with Crippen molar-refractivity contribution in [2.45, 2.75) is 6.92 Å². The number of aromatic amines is 1. The first-order valence-electron chi connectivity index (χ1n) is 9.82. The number of ether oxygens (including phenoxy) is 1. The van der Waals surface area contributed by atoms with Crippen LogP contribution < -0.4 is 10.2 Å². The number of nitrogens with zero attached hydrogens (tertiary/aromatic N) is 5. The van der Waals surface area contributed by atoms with Gasteiger partial charge in [0, 0.05) is 51.0 Å². The molecule has 4 rings (SSSR count). The number of hydrogen-bond donors (Lipinski definition) is 2. The summed E-state index contributed by atoms with van der Waals surface area (Å²) in [6.07, 6.45) is 0. The molecule has 30 heavy (non-hydrogen) atoms. The number of benzene rings is 1. The lowest BCUT2D eigenvalue weighted by Gasteiger charge is -2.33. The summed E-state index contributed by atoms with van der Waals surface area (Å²) in [5.74, 6) is 2.31. The minimum Gasteiger partial charge on any atom is -0.465 e. The molecule has 0 amide bonds. The topological polar surface area (TPSA) is 99.3 Å². The Morgan fingerprint density at radius 2 is 1.93 bits per heavy atom. The van der Waals surface area contributed by atoms with Gasteiger partial charge in [-0.1, -0.05) is 12.1 Å². The number of methoxy groups -OCH3 is 1. The fourth-order valence-electron chi connectivity index (χ4n) is 3.34. The largest absolute Gasteiger partial charge is 0.465 e. The molecule has 0 spiro atoms. The normalized spacial score (nSPS) is 14.6. The lowest BCUT2D eigenvalue weighted by molar-refractivity contribution is 0.0601. The minimum atomic E-state index is -0.391. The second-order valence-corrected chi connectivity index (χ2v) is 7.36. The molecule has 9 heteroatoms. The zero-order valence-electron chi connectivity index (χ0n) is 17.3. The summed E-state index contributed by atoms with van der Waals surface area (Å²) in [5, 5.41) is 10.4. The van der Waals surface area contributed by atoms with Crippen LogP contribution in [-0.4, -0.2) is 71.4 Å².